The van der Waals surface area contributed by atoms with Crippen molar-refractivity contribution in [3.8, 4) is 5.75 Å². The Hall–Kier alpha value is -3.94. The van der Waals surface area contributed by atoms with Gasteiger partial charge in [-0.05, 0) is 49.4 Å². The molecule has 2 aromatic heterocycles. The first-order valence-corrected chi connectivity index (χ1v) is 9.37. The third-order valence-corrected chi connectivity index (χ3v) is 4.26. The number of pyridine rings is 1. The fourth-order valence-electron chi connectivity index (χ4n) is 2.77. The molecule has 30 heavy (non-hydrogen) atoms. The minimum atomic E-state index is -0.357. The summed E-state index contributed by atoms with van der Waals surface area (Å²) >= 11 is 0. The zero-order chi connectivity index (χ0) is 21.5. The summed E-state index contributed by atoms with van der Waals surface area (Å²) in [6, 6.07) is 10.5. The predicted octanol–water partition coefficient (Wildman–Crippen LogP) is 3.41. The Morgan fingerprint density at radius 1 is 1.23 bits per heavy atom. The lowest BCUT2D eigenvalue weighted by Gasteiger charge is -2.08. The van der Waals surface area contributed by atoms with Gasteiger partial charge in [0.2, 0.25) is 0 Å². The molecule has 0 radical (unpaired) electrons. The van der Waals surface area contributed by atoms with Crippen LogP contribution < -0.4 is 21.5 Å². The minimum Gasteiger partial charge on any atom is -0.490 e. The molecule has 0 aliphatic rings. The number of nitrogens with zero attached hydrogens (tertiary/aromatic N) is 1. The summed E-state index contributed by atoms with van der Waals surface area (Å²) in [5.41, 5.74) is 12.2. The highest BCUT2D eigenvalue weighted by Crippen LogP contribution is 2.24. The summed E-state index contributed by atoms with van der Waals surface area (Å²) in [6.45, 7) is 6.54. The van der Waals surface area contributed by atoms with Crippen LogP contribution in [0.1, 0.15) is 23.0 Å². The van der Waals surface area contributed by atoms with Gasteiger partial charge >= 0.3 is 0 Å². The Labute approximate surface area is 174 Å². The van der Waals surface area contributed by atoms with Crippen LogP contribution in [0.5, 0.6) is 5.75 Å². The van der Waals surface area contributed by atoms with Gasteiger partial charge in [0.1, 0.15) is 47.7 Å². The van der Waals surface area contributed by atoms with E-state index in [-0.39, 0.29) is 29.7 Å². The molecule has 0 aliphatic carbocycles. The highest BCUT2D eigenvalue weighted by molar-refractivity contribution is 5.98. The van der Waals surface area contributed by atoms with Gasteiger partial charge in [-0.2, -0.15) is 0 Å². The molecule has 5 N–H and O–H groups in total. The maximum absolute atomic E-state index is 12.3. The van der Waals surface area contributed by atoms with E-state index in [2.05, 4.69) is 16.9 Å². The number of rotatable bonds is 9. The normalized spacial score (nSPS) is 11.3. The average molecular weight is 408 g/mol. The largest absolute Gasteiger partial charge is 0.490 e. The van der Waals surface area contributed by atoms with Gasteiger partial charge in [0, 0.05) is 11.5 Å². The fourth-order valence-corrected chi connectivity index (χ4v) is 2.77. The molecular formula is C22H24N4O4. The quantitative estimate of drug-likeness (QED) is 0.281. The molecule has 1 aromatic carbocycles. The Bertz CT molecular complexity index is 1090. The first-order chi connectivity index (χ1) is 14.5. The van der Waals surface area contributed by atoms with E-state index in [9.17, 15) is 4.79 Å². The smallest absolute Gasteiger partial charge is 0.255 e. The average Bonchev–Trinajstić information content (AvgIpc) is 3.14. The summed E-state index contributed by atoms with van der Waals surface area (Å²) in [4.78, 5) is 16.2. The number of carbonyl (C=O) groups is 1. The number of aromatic nitrogens is 1. The molecule has 0 fully saturated rings. The van der Waals surface area contributed by atoms with Crippen LogP contribution in [0, 0.1) is 0 Å². The maximum Gasteiger partial charge on any atom is 0.255 e. The van der Waals surface area contributed by atoms with E-state index in [1.807, 2.05) is 31.2 Å². The van der Waals surface area contributed by atoms with Crippen LogP contribution in [0.2, 0.25) is 0 Å². The molecule has 3 aromatic rings. The maximum atomic E-state index is 12.3. The van der Waals surface area contributed by atoms with Gasteiger partial charge in [-0.25, -0.2) is 4.98 Å². The first-order valence-electron chi connectivity index (χ1n) is 9.37. The molecule has 156 valence electrons. The van der Waals surface area contributed by atoms with Crippen LogP contribution in [0.4, 0.5) is 11.6 Å². The predicted molar refractivity (Wildman–Crippen MR) is 116 cm³/mol. The van der Waals surface area contributed by atoms with Crippen molar-refractivity contribution in [3.63, 3.8) is 0 Å². The van der Waals surface area contributed by atoms with E-state index in [0.29, 0.717) is 36.1 Å². The van der Waals surface area contributed by atoms with E-state index in [1.54, 1.807) is 12.1 Å². The number of hydrogen-bond acceptors (Lipinski definition) is 7. The highest BCUT2D eigenvalue weighted by Gasteiger charge is 2.12. The third-order valence-electron chi connectivity index (χ3n) is 4.26. The Kier molecular flexibility index (Phi) is 6.59. The van der Waals surface area contributed by atoms with Crippen LogP contribution in [0.25, 0.3) is 11.0 Å². The molecule has 0 unspecified atom stereocenters. The van der Waals surface area contributed by atoms with Crippen LogP contribution in [0.15, 0.2) is 65.3 Å². The summed E-state index contributed by atoms with van der Waals surface area (Å²) in [6.07, 6.45) is 3.48. The molecule has 0 saturated carbocycles. The van der Waals surface area contributed by atoms with Crippen LogP contribution in [-0.2, 0) is 11.3 Å². The third kappa shape index (κ3) is 5.11. The van der Waals surface area contributed by atoms with Gasteiger partial charge < -0.3 is 30.7 Å². The molecule has 0 saturated heterocycles. The topological polar surface area (TPSA) is 126 Å². The molecule has 8 nitrogen and oxygen atoms in total. The molecule has 0 aliphatic heterocycles. The molecule has 3 rings (SSSR count). The number of anilines is 2. The van der Waals surface area contributed by atoms with Crippen molar-refractivity contribution >= 4 is 28.5 Å². The van der Waals surface area contributed by atoms with Crippen molar-refractivity contribution in [2.45, 2.75) is 13.5 Å². The number of allylic oxidation sites excluding steroid dienone is 2. The number of nitrogens with two attached hydrogens (primary N) is 2. The standard InChI is InChI=1S/C22H24N4O4/c1-3-15(4-2)28-9-10-29-16-6-5-14-11-17(30-19(14)12-16)13-25-22(27)18-7-8-20(23)26-21(18)24/h3-8,11-12H,1,9-10,13H2,2H3,(H,25,27)(H4,23,24,26)/b15-4+. The minimum absolute atomic E-state index is 0.0810. The Balaban J connectivity index is 1.57. The number of furan rings is 1. The van der Waals surface area contributed by atoms with Crippen LogP contribution in [-0.4, -0.2) is 24.1 Å². The zero-order valence-corrected chi connectivity index (χ0v) is 16.7. The van der Waals surface area contributed by atoms with Crippen molar-refractivity contribution in [2.75, 3.05) is 24.7 Å². The number of nitrogens with one attached hydrogen (secondary N) is 1. The van der Waals surface area contributed by atoms with Gasteiger partial charge in [0.15, 0.2) is 0 Å². The lowest BCUT2D eigenvalue weighted by molar-refractivity contribution is 0.0949. The highest BCUT2D eigenvalue weighted by atomic mass is 16.5. The number of benzene rings is 1. The number of ether oxygens (including phenoxy) is 2. The van der Waals surface area contributed by atoms with E-state index < -0.39 is 0 Å². The van der Waals surface area contributed by atoms with Crippen molar-refractivity contribution < 1.29 is 18.7 Å². The molecule has 1 amide bonds. The van der Waals surface area contributed by atoms with Crippen molar-refractivity contribution in [2.24, 2.45) is 0 Å². The molecule has 0 spiro atoms. The van der Waals surface area contributed by atoms with Gasteiger partial charge in [-0.3, -0.25) is 4.79 Å². The number of nitrogen functional groups attached to an aromatic ring is 2. The summed E-state index contributed by atoms with van der Waals surface area (Å²) in [7, 11) is 0. The molecule has 8 heteroatoms. The van der Waals surface area contributed by atoms with E-state index in [4.69, 9.17) is 25.4 Å². The van der Waals surface area contributed by atoms with Crippen LogP contribution >= 0.6 is 0 Å². The SMILES string of the molecule is C=C/C(=C\C)OCCOc1ccc2cc(CNC(=O)c3ccc(N)nc3N)oc2c1. The van der Waals surface area contributed by atoms with Gasteiger partial charge in [-0.15, -0.1) is 0 Å². The summed E-state index contributed by atoms with van der Waals surface area (Å²) in [5.74, 6) is 1.96. The Morgan fingerprint density at radius 2 is 2.07 bits per heavy atom. The summed E-state index contributed by atoms with van der Waals surface area (Å²) in [5, 5.41) is 3.66. The molecule has 0 atom stereocenters. The second-order valence-corrected chi connectivity index (χ2v) is 6.36. The number of carbonyl (C=O) groups excluding carboxylic acids is 1. The number of hydrogen-bond donors (Lipinski definition) is 3. The number of fused-ring (bicyclic) bond motifs is 1. The fraction of sp³-hybridized carbons (Fsp3) is 0.182. The van der Waals surface area contributed by atoms with Crippen LogP contribution in [0.3, 0.4) is 0 Å². The van der Waals surface area contributed by atoms with E-state index in [0.717, 1.165) is 5.39 Å². The first kappa shape index (κ1) is 20.8. The number of amides is 1. The lowest BCUT2D eigenvalue weighted by Crippen LogP contribution is -2.24. The van der Waals surface area contributed by atoms with Gasteiger partial charge in [-0.1, -0.05) is 6.58 Å². The van der Waals surface area contributed by atoms with Gasteiger partial charge in [0.05, 0.1) is 12.1 Å². The van der Waals surface area contributed by atoms with Crippen molar-refractivity contribution in [1.82, 2.24) is 10.3 Å². The monoisotopic (exact) mass is 408 g/mol. The summed E-state index contributed by atoms with van der Waals surface area (Å²) < 4.78 is 17.0. The Morgan fingerprint density at radius 3 is 2.80 bits per heavy atom. The van der Waals surface area contributed by atoms with E-state index in [1.165, 1.54) is 12.1 Å². The van der Waals surface area contributed by atoms with Crippen molar-refractivity contribution in [1.29, 1.82) is 0 Å². The van der Waals surface area contributed by atoms with Crippen molar-refractivity contribution in [3.05, 3.63) is 72.2 Å². The van der Waals surface area contributed by atoms with Gasteiger partial charge in [0.25, 0.3) is 5.91 Å². The van der Waals surface area contributed by atoms with E-state index >= 15 is 0 Å². The second kappa shape index (κ2) is 9.51. The second-order valence-electron chi connectivity index (χ2n) is 6.36. The molecule has 2 heterocycles. The molecule has 0 bridgehead atoms. The lowest BCUT2D eigenvalue weighted by atomic mass is 10.2. The molecular weight excluding hydrogens is 384 g/mol. The zero-order valence-electron chi connectivity index (χ0n) is 16.7.